The molecule has 0 heterocycles. The standard InChI is InChI=1S/C12H16O5.C4H6O2/c1-4-16-10(13)9-6-5-7-12(2,8-9)11(14)17-15-3;1-3(2)4(5)6/h5-7H,4,8H2,1-3H3;1H2,2H3,(H,5,6). The van der Waals surface area contributed by atoms with Crippen LogP contribution in [0.1, 0.15) is 27.2 Å². The van der Waals surface area contributed by atoms with E-state index in [0.29, 0.717) is 12.2 Å². The monoisotopic (exact) mass is 326 g/mol. The lowest BCUT2D eigenvalue weighted by Gasteiger charge is -2.25. The molecule has 0 bridgehead atoms. The van der Waals surface area contributed by atoms with Gasteiger partial charge in [-0.2, -0.15) is 4.89 Å². The van der Waals surface area contributed by atoms with E-state index in [1.807, 2.05) is 0 Å². The van der Waals surface area contributed by atoms with E-state index in [1.165, 1.54) is 14.0 Å². The first kappa shape index (κ1) is 20.6. The molecule has 128 valence electrons. The molecule has 0 aromatic heterocycles. The van der Waals surface area contributed by atoms with E-state index in [0.717, 1.165) is 0 Å². The molecule has 0 amide bonds. The Balaban J connectivity index is 0.000000688. The number of esters is 1. The summed E-state index contributed by atoms with van der Waals surface area (Å²) in [5, 5.41) is 7.89. The minimum Gasteiger partial charge on any atom is -0.478 e. The Morgan fingerprint density at radius 2 is 1.96 bits per heavy atom. The average Bonchev–Trinajstić information content (AvgIpc) is 2.48. The molecule has 23 heavy (non-hydrogen) atoms. The van der Waals surface area contributed by atoms with Gasteiger partial charge >= 0.3 is 17.9 Å². The van der Waals surface area contributed by atoms with Crippen molar-refractivity contribution < 1.29 is 34.0 Å². The molecule has 1 unspecified atom stereocenters. The van der Waals surface area contributed by atoms with Gasteiger partial charge in [-0.05, 0) is 27.2 Å². The van der Waals surface area contributed by atoms with Crippen molar-refractivity contribution in [1.82, 2.24) is 0 Å². The van der Waals surface area contributed by atoms with Crippen molar-refractivity contribution in [2.24, 2.45) is 5.41 Å². The van der Waals surface area contributed by atoms with Crippen LogP contribution in [0.4, 0.5) is 0 Å². The Bertz CT molecular complexity index is 519. The number of carbonyl (C=O) groups is 3. The highest BCUT2D eigenvalue weighted by molar-refractivity contribution is 5.91. The minimum atomic E-state index is -0.935. The molecule has 0 fully saturated rings. The van der Waals surface area contributed by atoms with E-state index < -0.39 is 23.3 Å². The molecule has 0 saturated heterocycles. The normalized spacial score (nSPS) is 18.9. The second-order valence-electron chi connectivity index (χ2n) is 4.99. The van der Waals surface area contributed by atoms with Crippen LogP contribution in [0.15, 0.2) is 36.0 Å². The van der Waals surface area contributed by atoms with Gasteiger partial charge in [-0.1, -0.05) is 24.8 Å². The predicted octanol–water partition coefficient (Wildman–Crippen LogP) is 2.19. The van der Waals surface area contributed by atoms with E-state index in [-0.39, 0.29) is 12.0 Å². The van der Waals surface area contributed by atoms with Crippen molar-refractivity contribution in [1.29, 1.82) is 0 Å². The molecule has 0 spiro atoms. The van der Waals surface area contributed by atoms with E-state index >= 15 is 0 Å². The Morgan fingerprint density at radius 1 is 1.39 bits per heavy atom. The van der Waals surface area contributed by atoms with E-state index in [1.54, 1.807) is 32.1 Å². The highest BCUT2D eigenvalue weighted by Gasteiger charge is 2.37. The molecule has 0 aromatic carbocycles. The second-order valence-corrected chi connectivity index (χ2v) is 4.99. The molecule has 1 aliphatic carbocycles. The largest absolute Gasteiger partial charge is 0.478 e. The number of carboxylic acids is 1. The highest BCUT2D eigenvalue weighted by atomic mass is 17.2. The molecular formula is C16H22O7. The van der Waals surface area contributed by atoms with Crippen LogP contribution in [-0.4, -0.2) is 36.7 Å². The van der Waals surface area contributed by atoms with Crippen LogP contribution in [0.3, 0.4) is 0 Å². The molecule has 1 rings (SSSR count). The number of hydrogen-bond donors (Lipinski definition) is 1. The van der Waals surface area contributed by atoms with Gasteiger partial charge in [0, 0.05) is 11.1 Å². The first-order valence-electron chi connectivity index (χ1n) is 6.87. The van der Waals surface area contributed by atoms with Crippen molar-refractivity contribution in [2.75, 3.05) is 13.7 Å². The molecule has 0 aliphatic heterocycles. The third kappa shape index (κ3) is 6.92. The van der Waals surface area contributed by atoms with Gasteiger partial charge in [-0.3, -0.25) is 4.89 Å². The van der Waals surface area contributed by atoms with Crippen molar-refractivity contribution >= 4 is 17.9 Å². The fourth-order valence-corrected chi connectivity index (χ4v) is 1.57. The summed E-state index contributed by atoms with van der Waals surface area (Å²) in [6.07, 6.45) is 5.20. The quantitative estimate of drug-likeness (QED) is 0.358. The van der Waals surface area contributed by atoms with Gasteiger partial charge in [0.25, 0.3) is 0 Å². The lowest BCUT2D eigenvalue weighted by atomic mass is 9.80. The lowest BCUT2D eigenvalue weighted by molar-refractivity contribution is -0.262. The van der Waals surface area contributed by atoms with Gasteiger partial charge in [0.1, 0.15) is 0 Å². The molecule has 1 atom stereocenters. The number of allylic oxidation sites excluding steroid dienone is 2. The maximum absolute atomic E-state index is 11.7. The summed E-state index contributed by atoms with van der Waals surface area (Å²) >= 11 is 0. The number of ether oxygens (including phenoxy) is 1. The highest BCUT2D eigenvalue weighted by Crippen LogP contribution is 2.33. The van der Waals surface area contributed by atoms with Crippen LogP contribution in [0, 0.1) is 5.41 Å². The molecule has 7 nitrogen and oxygen atoms in total. The molecule has 7 heteroatoms. The van der Waals surface area contributed by atoms with Crippen LogP contribution in [0.5, 0.6) is 0 Å². The maximum Gasteiger partial charge on any atom is 0.352 e. The topological polar surface area (TPSA) is 99.1 Å². The van der Waals surface area contributed by atoms with Crippen LogP contribution < -0.4 is 0 Å². The van der Waals surface area contributed by atoms with Gasteiger partial charge in [0.05, 0.1) is 19.1 Å². The Labute approximate surface area is 135 Å². The zero-order chi connectivity index (χ0) is 18.0. The summed E-state index contributed by atoms with van der Waals surface area (Å²) in [6.45, 7) is 8.32. The summed E-state index contributed by atoms with van der Waals surface area (Å²) in [5.41, 5.74) is -0.271. The first-order valence-corrected chi connectivity index (χ1v) is 6.87. The molecule has 0 radical (unpaired) electrons. The molecule has 1 aliphatic rings. The smallest absolute Gasteiger partial charge is 0.352 e. The number of aliphatic carboxylic acids is 1. The van der Waals surface area contributed by atoms with E-state index in [2.05, 4.69) is 16.4 Å². The van der Waals surface area contributed by atoms with Crippen molar-refractivity contribution in [3.63, 3.8) is 0 Å². The second kappa shape index (κ2) is 9.58. The molecule has 0 saturated carbocycles. The van der Waals surface area contributed by atoms with Crippen molar-refractivity contribution in [3.8, 4) is 0 Å². The fraction of sp³-hybridized carbons (Fsp3) is 0.438. The van der Waals surface area contributed by atoms with Crippen molar-refractivity contribution in [2.45, 2.75) is 27.2 Å². The first-order chi connectivity index (χ1) is 10.7. The summed E-state index contributed by atoms with van der Waals surface area (Å²) in [7, 11) is 1.26. The predicted molar refractivity (Wildman–Crippen MR) is 82.1 cm³/mol. The molecular weight excluding hydrogens is 304 g/mol. The Hall–Kier alpha value is -2.41. The van der Waals surface area contributed by atoms with Gasteiger partial charge in [0.15, 0.2) is 0 Å². The Morgan fingerprint density at radius 3 is 2.39 bits per heavy atom. The summed E-state index contributed by atoms with van der Waals surface area (Å²) in [4.78, 5) is 41.7. The molecule has 0 aromatic rings. The SMILES string of the molecule is C=C(C)C(=O)O.CCOC(=O)C1=CC=CC(C)(C(=O)OOC)C1. The minimum absolute atomic E-state index is 0.176. The van der Waals surface area contributed by atoms with E-state index in [4.69, 9.17) is 9.84 Å². The van der Waals surface area contributed by atoms with Crippen molar-refractivity contribution in [3.05, 3.63) is 36.0 Å². The third-order valence-corrected chi connectivity index (χ3v) is 2.85. The zero-order valence-corrected chi connectivity index (χ0v) is 13.8. The number of carboxylic acid groups (broad SMARTS) is 1. The summed E-state index contributed by atoms with van der Waals surface area (Å²) in [6, 6.07) is 0. The number of hydrogen-bond acceptors (Lipinski definition) is 6. The van der Waals surface area contributed by atoms with Gasteiger partial charge < -0.3 is 9.84 Å². The van der Waals surface area contributed by atoms with Gasteiger partial charge in [-0.15, -0.1) is 0 Å². The van der Waals surface area contributed by atoms with Crippen LogP contribution in [-0.2, 0) is 28.9 Å². The summed E-state index contributed by atoms with van der Waals surface area (Å²) in [5.74, 6) is -1.88. The summed E-state index contributed by atoms with van der Waals surface area (Å²) < 4.78 is 4.89. The molecule has 1 N–H and O–H groups in total. The average molecular weight is 326 g/mol. The number of carbonyl (C=O) groups excluding carboxylic acids is 2. The maximum atomic E-state index is 11.7. The van der Waals surface area contributed by atoms with Gasteiger partial charge in [-0.25, -0.2) is 14.4 Å². The van der Waals surface area contributed by atoms with Crippen LogP contribution >= 0.6 is 0 Å². The van der Waals surface area contributed by atoms with Crippen LogP contribution in [0.2, 0.25) is 0 Å². The Kier molecular flexibility index (Phi) is 8.57. The van der Waals surface area contributed by atoms with Crippen LogP contribution in [0.25, 0.3) is 0 Å². The third-order valence-electron chi connectivity index (χ3n) is 2.85. The lowest BCUT2D eigenvalue weighted by Crippen LogP contribution is -2.31. The zero-order valence-electron chi connectivity index (χ0n) is 13.8. The fourth-order valence-electron chi connectivity index (χ4n) is 1.57. The van der Waals surface area contributed by atoms with E-state index in [9.17, 15) is 14.4 Å². The number of rotatable bonds is 5. The van der Waals surface area contributed by atoms with Gasteiger partial charge in [0.2, 0.25) is 0 Å².